The van der Waals surface area contributed by atoms with Crippen molar-refractivity contribution in [3.63, 3.8) is 0 Å². The first kappa shape index (κ1) is 19.7. The Hall–Kier alpha value is -4.20. The molecular weight excluding hydrogens is 402 g/mol. The summed E-state index contributed by atoms with van der Waals surface area (Å²) in [5, 5.41) is 12.7. The third-order valence-electron chi connectivity index (χ3n) is 5.38. The molecule has 32 heavy (non-hydrogen) atoms. The molecule has 8 heteroatoms. The number of benzene rings is 2. The minimum Gasteiger partial charge on any atom is -0.356 e. The molecule has 0 spiro atoms. The highest BCUT2D eigenvalue weighted by molar-refractivity contribution is 5.76. The predicted molar refractivity (Wildman–Crippen MR) is 125 cm³/mol. The van der Waals surface area contributed by atoms with Crippen LogP contribution in [0.3, 0.4) is 0 Å². The maximum Gasteiger partial charge on any atom is 0.263 e. The molecule has 0 saturated heterocycles. The highest BCUT2D eigenvalue weighted by atomic mass is 16.1. The summed E-state index contributed by atoms with van der Waals surface area (Å²) in [5.74, 6) is 0.442. The maximum absolute atomic E-state index is 12.5. The summed E-state index contributed by atoms with van der Waals surface area (Å²) in [6, 6.07) is 19.7. The van der Waals surface area contributed by atoms with E-state index in [1.807, 2.05) is 72.3 Å². The van der Waals surface area contributed by atoms with E-state index in [0.29, 0.717) is 23.5 Å². The minimum atomic E-state index is -0.209. The summed E-state index contributed by atoms with van der Waals surface area (Å²) < 4.78 is 3.59. The number of aromatic nitrogens is 6. The molecule has 8 nitrogen and oxygen atoms in total. The van der Waals surface area contributed by atoms with Crippen LogP contribution in [-0.2, 0) is 6.42 Å². The Labute approximate surface area is 184 Å². The number of para-hydroxylation sites is 2. The Morgan fingerprint density at radius 2 is 1.72 bits per heavy atom. The summed E-state index contributed by atoms with van der Waals surface area (Å²) in [4.78, 5) is 19.9. The first-order valence-electron chi connectivity index (χ1n) is 10.6. The van der Waals surface area contributed by atoms with E-state index in [1.165, 1.54) is 5.56 Å². The molecule has 3 aromatic heterocycles. The monoisotopic (exact) mass is 425 g/mol. The number of rotatable bonds is 7. The quantitative estimate of drug-likeness (QED) is 0.388. The molecule has 160 valence electrons. The van der Waals surface area contributed by atoms with Crippen molar-refractivity contribution in [3.05, 3.63) is 94.7 Å². The second kappa shape index (κ2) is 8.50. The molecular formula is C24H23N7O. The fraction of sp³-hybridized carbons (Fsp3) is 0.167. The molecule has 2 aromatic carbocycles. The van der Waals surface area contributed by atoms with Gasteiger partial charge < -0.3 is 5.32 Å². The minimum absolute atomic E-state index is 0.209. The number of nitrogens with one attached hydrogen (secondary N) is 2. The second-order valence-electron chi connectivity index (χ2n) is 7.59. The summed E-state index contributed by atoms with van der Waals surface area (Å²) in [5.41, 5.74) is 4.45. The molecule has 5 rings (SSSR count). The van der Waals surface area contributed by atoms with Crippen LogP contribution in [0.1, 0.15) is 17.7 Å². The Bertz CT molecular complexity index is 1400. The third-order valence-corrected chi connectivity index (χ3v) is 5.38. The number of H-pyrrole nitrogens is 1. The fourth-order valence-corrected chi connectivity index (χ4v) is 3.70. The number of hydrogen-bond donors (Lipinski definition) is 2. The van der Waals surface area contributed by atoms with Crippen LogP contribution in [0.15, 0.2) is 77.9 Å². The van der Waals surface area contributed by atoms with Crippen molar-refractivity contribution in [2.24, 2.45) is 0 Å². The van der Waals surface area contributed by atoms with Crippen molar-refractivity contribution in [2.45, 2.75) is 19.8 Å². The largest absolute Gasteiger partial charge is 0.356 e. The molecule has 2 N–H and O–H groups in total. The van der Waals surface area contributed by atoms with Crippen molar-refractivity contribution in [1.29, 1.82) is 0 Å². The molecule has 0 amide bonds. The SMILES string of the molecule is Cc1nn(-c2ccccc2)cc1CCCNc1nc2c(cnn2-c2ccccc2)c(=O)[nH]1. The van der Waals surface area contributed by atoms with E-state index >= 15 is 0 Å². The summed E-state index contributed by atoms with van der Waals surface area (Å²) in [7, 11) is 0. The van der Waals surface area contributed by atoms with Gasteiger partial charge in [-0.2, -0.15) is 15.2 Å². The fourth-order valence-electron chi connectivity index (χ4n) is 3.70. The van der Waals surface area contributed by atoms with Gasteiger partial charge in [0.2, 0.25) is 5.95 Å². The average molecular weight is 425 g/mol. The Kier molecular flexibility index (Phi) is 5.25. The highest BCUT2D eigenvalue weighted by Crippen LogP contribution is 2.16. The summed E-state index contributed by atoms with van der Waals surface area (Å²) in [6.07, 6.45) is 5.38. The molecule has 0 unspecified atom stereocenters. The lowest BCUT2D eigenvalue weighted by Gasteiger charge is -2.07. The number of fused-ring (bicyclic) bond motifs is 1. The van der Waals surface area contributed by atoms with Crippen LogP contribution < -0.4 is 10.9 Å². The molecule has 0 atom stereocenters. The van der Waals surface area contributed by atoms with Crippen LogP contribution in [0.5, 0.6) is 0 Å². The molecule has 0 radical (unpaired) electrons. The maximum atomic E-state index is 12.5. The number of anilines is 1. The van der Waals surface area contributed by atoms with E-state index in [2.05, 4.69) is 31.7 Å². The van der Waals surface area contributed by atoms with Crippen LogP contribution in [0, 0.1) is 6.92 Å². The normalized spacial score (nSPS) is 11.2. The molecule has 0 bridgehead atoms. The summed E-state index contributed by atoms with van der Waals surface area (Å²) in [6.45, 7) is 2.70. The Morgan fingerprint density at radius 1 is 1.00 bits per heavy atom. The van der Waals surface area contributed by atoms with Crippen LogP contribution in [0.25, 0.3) is 22.4 Å². The molecule has 0 saturated carbocycles. The van der Waals surface area contributed by atoms with E-state index < -0.39 is 0 Å². The van der Waals surface area contributed by atoms with E-state index in [1.54, 1.807) is 10.9 Å². The van der Waals surface area contributed by atoms with Gasteiger partial charge in [-0.1, -0.05) is 36.4 Å². The van der Waals surface area contributed by atoms with Crippen molar-refractivity contribution in [1.82, 2.24) is 29.5 Å². The number of aromatic amines is 1. The topological polar surface area (TPSA) is 93.4 Å². The van der Waals surface area contributed by atoms with Gasteiger partial charge in [0, 0.05) is 12.7 Å². The number of nitrogens with zero attached hydrogens (tertiary/aromatic N) is 5. The standard InChI is InChI=1S/C24H23N7O/c1-17-18(16-30(29-17)19-10-4-2-5-11-19)9-8-14-25-24-27-22-21(23(32)28-24)15-26-31(22)20-12-6-3-7-13-20/h2-7,10-13,15-16H,8-9,14H2,1H3,(H2,25,27,28,32). The zero-order valence-electron chi connectivity index (χ0n) is 17.7. The van der Waals surface area contributed by atoms with E-state index in [9.17, 15) is 4.79 Å². The van der Waals surface area contributed by atoms with Gasteiger partial charge >= 0.3 is 0 Å². The van der Waals surface area contributed by atoms with Crippen molar-refractivity contribution < 1.29 is 0 Å². The molecule has 0 aliphatic carbocycles. The molecule has 5 aromatic rings. The zero-order valence-corrected chi connectivity index (χ0v) is 17.7. The van der Waals surface area contributed by atoms with Gasteiger partial charge in [-0.15, -0.1) is 0 Å². The van der Waals surface area contributed by atoms with Crippen molar-refractivity contribution in [3.8, 4) is 11.4 Å². The lowest BCUT2D eigenvalue weighted by Crippen LogP contribution is -2.14. The second-order valence-corrected chi connectivity index (χ2v) is 7.59. The predicted octanol–water partition coefficient (Wildman–Crippen LogP) is 3.65. The molecule has 3 heterocycles. The summed E-state index contributed by atoms with van der Waals surface area (Å²) >= 11 is 0. The van der Waals surface area contributed by atoms with Gasteiger partial charge in [0.25, 0.3) is 5.56 Å². The van der Waals surface area contributed by atoms with Crippen LogP contribution in [0.4, 0.5) is 5.95 Å². The van der Waals surface area contributed by atoms with Gasteiger partial charge in [-0.05, 0) is 49.6 Å². The lowest BCUT2D eigenvalue weighted by molar-refractivity contribution is 0.845. The van der Waals surface area contributed by atoms with Crippen molar-refractivity contribution in [2.75, 3.05) is 11.9 Å². The lowest BCUT2D eigenvalue weighted by atomic mass is 10.1. The van der Waals surface area contributed by atoms with Crippen molar-refractivity contribution >= 4 is 17.0 Å². The number of hydrogen-bond acceptors (Lipinski definition) is 5. The van der Waals surface area contributed by atoms with Crippen LogP contribution in [0.2, 0.25) is 0 Å². The first-order valence-corrected chi connectivity index (χ1v) is 10.6. The van der Waals surface area contributed by atoms with Gasteiger partial charge in [0.05, 0.1) is 23.3 Å². The Morgan fingerprint density at radius 3 is 2.47 bits per heavy atom. The average Bonchev–Trinajstić information content (AvgIpc) is 3.42. The first-order chi connectivity index (χ1) is 15.7. The third kappa shape index (κ3) is 3.90. The molecule has 0 aliphatic heterocycles. The van der Waals surface area contributed by atoms with Gasteiger partial charge in [-0.3, -0.25) is 9.78 Å². The molecule has 0 fully saturated rings. The van der Waals surface area contributed by atoms with E-state index in [0.717, 1.165) is 29.9 Å². The smallest absolute Gasteiger partial charge is 0.263 e. The van der Waals surface area contributed by atoms with Crippen LogP contribution >= 0.6 is 0 Å². The van der Waals surface area contributed by atoms with Gasteiger partial charge in [0.15, 0.2) is 5.65 Å². The van der Waals surface area contributed by atoms with Crippen LogP contribution in [-0.4, -0.2) is 36.1 Å². The van der Waals surface area contributed by atoms with E-state index in [-0.39, 0.29) is 5.56 Å². The zero-order chi connectivity index (χ0) is 21.9. The highest BCUT2D eigenvalue weighted by Gasteiger charge is 2.11. The van der Waals surface area contributed by atoms with E-state index in [4.69, 9.17) is 0 Å². The van der Waals surface area contributed by atoms with Gasteiger partial charge in [-0.25, -0.2) is 9.36 Å². The van der Waals surface area contributed by atoms with Gasteiger partial charge in [0.1, 0.15) is 5.39 Å². The Balaban J connectivity index is 1.27. The molecule has 0 aliphatic rings. The number of aryl methyl sites for hydroxylation is 2.